The summed E-state index contributed by atoms with van der Waals surface area (Å²) in [4.78, 5) is 27.1. The molecule has 1 aromatic carbocycles. The maximum absolute atomic E-state index is 12.6. The first-order valence-corrected chi connectivity index (χ1v) is 12.7. The quantitative estimate of drug-likeness (QED) is 0.259. The number of aromatic amines is 1. The van der Waals surface area contributed by atoms with Crippen LogP contribution in [-0.2, 0) is 10.4 Å². The number of halogens is 3. The average Bonchev–Trinajstić information content (AvgIpc) is 3.47. The van der Waals surface area contributed by atoms with Crippen LogP contribution in [0.25, 0.3) is 21.3 Å². The molecule has 3 aromatic rings. The molecule has 1 saturated carbocycles. The van der Waals surface area contributed by atoms with Crippen molar-refractivity contribution in [1.29, 1.82) is 0 Å². The van der Waals surface area contributed by atoms with Gasteiger partial charge in [-0.2, -0.15) is 13.2 Å². The van der Waals surface area contributed by atoms with Gasteiger partial charge in [0, 0.05) is 40.8 Å². The minimum Gasteiger partial charge on any atom is -0.481 e. The first kappa shape index (κ1) is 27.5. The lowest BCUT2D eigenvalue weighted by Gasteiger charge is -2.44. The number of H-pyrrole nitrogens is 1. The molecule has 1 aliphatic carbocycles. The molecule has 2 heterocycles. The third-order valence-electron chi connectivity index (χ3n) is 6.86. The molecule has 0 aliphatic heterocycles. The van der Waals surface area contributed by atoms with E-state index in [4.69, 9.17) is 0 Å². The summed E-state index contributed by atoms with van der Waals surface area (Å²) in [6.07, 6.45) is 1.81. The van der Waals surface area contributed by atoms with Gasteiger partial charge in [-0.05, 0) is 49.6 Å². The molecule has 1 fully saturated rings. The fraction of sp³-hybridized carbons (Fsp3) is 0.385. The summed E-state index contributed by atoms with van der Waals surface area (Å²) in [6.45, 7) is 6.72. The minimum atomic E-state index is -4.58. The number of rotatable bonds is 8. The Morgan fingerprint density at radius 3 is 2.82 bits per heavy atom. The standard InChI is InChI=1S/C26H28F3N5O3S/c1-24(2)13-25(37,8-6-18(24)22(35)36)23-33-12-20(38-23)17-11-32-19-10-15(4-5-16(17)19)34-14-31-9-7-21(30-3)26(27,28)29/h4-5,7,9-12,18,32,34,37H,3,6,8,13-14H2,1-2H3,(H,35,36)/b21-7-,31-9-. The molecular weight excluding hydrogens is 519 g/mol. The van der Waals surface area contributed by atoms with Crippen LogP contribution >= 0.6 is 11.3 Å². The van der Waals surface area contributed by atoms with E-state index in [9.17, 15) is 28.2 Å². The average molecular weight is 548 g/mol. The number of carboxylic acid groups (broad SMARTS) is 1. The summed E-state index contributed by atoms with van der Waals surface area (Å²) in [5.41, 5.74) is -0.394. The monoisotopic (exact) mass is 547 g/mol. The lowest BCUT2D eigenvalue weighted by atomic mass is 9.63. The van der Waals surface area contributed by atoms with E-state index in [1.807, 2.05) is 38.2 Å². The molecule has 0 spiro atoms. The van der Waals surface area contributed by atoms with E-state index in [2.05, 4.69) is 32.0 Å². The van der Waals surface area contributed by atoms with Crippen LogP contribution < -0.4 is 5.32 Å². The molecule has 1 aliphatic rings. The molecule has 2 atom stereocenters. The van der Waals surface area contributed by atoms with Gasteiger partial charge in [-0.15, -0.1) is 11.3 Å². The fourth-order valence-electron chi connectivity index (χ4n) is 4.98. The lowest BCUT2D eigenvalue weighted by Crippen LogP contribution is -2.44. The number of carboxylic acids is 1. The lowest BCUT2D eigenvalue weighted by molar-refractivity contribution is -0.154. The van der Waals surface area contributed by atoms with Crippen molar-refractivity contribution in [3.63, 3.8) is 0 Å². The van der Waals surface area contributed by atoms with Gasteiger partial charge in [0.2, 0.25) is 0 Å². The molecule has 38 heavy (non-hydrogen) atoms. The maximum Gasteiger partial charge on any atom is 0.433 e. The largest absolute Gasteiger partial charge is 0.481 e. The highest BCUT2D eigenvalue weighted by molar-refractivity contribution is 7.15. The highest BCUT2D eigenvalue weighted by atomic mass is 32.1. The predicted molar refractivity (Wildman–Crippen MR) is 143 cm³/mol. The molecule has 4 N–H and O–H groups in total. The number of alkyl halides is 3. The number of fused-ring (bicyclic) bond motifs is 1. The zero-order valence-corrected chi connectivity index (χ0v) is 21.7. The second kappa shape index (κ2) is 10.3. The van der Waals surface area contributed by atoms with Crippen molar-refractivity contribution < 1.29 is 28.2 Å². The van der Waals surface area contributed by atoms with Gasteiger partial charge in [-0.1, -0.05) is 19.9 Å². The summed E-state index contributed by atoms with van der Waals surface area (Å²) in [7, 11) is 0. The molecule has 4 rings (SSSR count). The van der Waals surface area contributed by atoms with Gasteiger partial charge in [0.15, 0.2) is 0 Å². The van der Waals surface area contributed by atoms with E-state index in [1.165, 1.54) is 11.3 Å². The third-order valence-corrected chi connectivity index (χ3v) is 8.08. The van der Waals surface area contributed by atoms with Crippen LogP contribution in [0.15, 0.2) is 52.4 Å². The van der Waals surface area contributed by atoms with Crippen molar-refractivity contribution in [2.24, 2.45) is 21.3 Å². The molecule has 0 bridgehead atoms. The van der Waals surface area contributed by atoms with E-state index in [0.29, 0.717) is 24.3 Å². The SMILES string of the molecule is C=N/C(=C\C=N/CNc1ccc2c(-c3cnc(C4(O)CCC(C(=O)O)C(C)(C)C4)s3)c[nH]c2c1)C(F)(F)F. The van der Waals surface area contributed by atoms with Crippen LogP contribution in [0.3, 0.4) is 0 Å². The molecule has 8 nitrogen and oxygen atoms in total. The number of aliphatic imine (C=N–C) groups is 2. The summed E-state index contributed by atoms with van der Waals surface area (Å²) >= 11 is 1.39. The van der Waals surface area contributed by atoms with E-state index < -0.39 is 34.8 Å². The van der Waals surface area contributed by atoms with Crippen molar-refractivity contribution in [3.05, 3.63) is 47.4 Å². The molecule has 2 aromatic heterocycles. The van der Waals surface area contributed by atoms with Gasteiger partial charge in [-0.25, -0.2) is 4.98 Å². The Labute approximate surface area is 221 Å². The summed E-state index contributed by atoms with van der Waals surface area (Å²) in [5, 5.41) is 25.5. The molecule has 12 heteroatoms. The van der Waals surface area contributed by atoms with E-state index in [1.54, 1.807) is 6.20 Å². The van der Waals surface area contributed by atoms with Gasteiger partial charge in [0.05, 0.1) is 10.8 Å². The molecule has 0 amide bonds. The van der Waals surface area contributed by atoms with Gasteiger partial charge in [0.25, 0.3) is 0 Å². The van der Waals surface area contributed by atoms with Crippen LogP contribution in [0.2, 0.25) is 0 Å². The smallest absolute Gasteiger partial charge is 0.433 e. The predicted octanol–water partition coefficient (Wildman–Crippen LogP) is 5.98. The number of carbonyl (C=O) groups is 1. The Morgan fingerprint density at radius 1 is 1.39 bits per heavy atom. The Hall–Kier alpha value is -3.51. The fourth-order valence-corrected chi connectivity index (χ4v) is 6.05. The number of hydrogen-bond acceptors (Lipinski definition) is 7. The number of aromatic nitrogens is 2. The number of allylic oxidation sites excluding steroid dienone is 2. The number of nitrogens with one attached hydrogen (secondary N) is 2. The topological polar surface area (TPSA) is 123 Å². The van der Waals surface area contributed by atoms with Crippen molar-refractivity contribution in [2.45, 2.75) is 44.9 Å². The summed E-state index contributed by atoms with van der Waals surface area (Å²) in [5.74, 6) is -1.35. The van der Waals surface area contributed by atoms with Crippen molar-refractivity contribution in [3.8, 4) is 10.4 Å². The number of thiazole rings is 1. The Morgan fingerprint density at radius 2 is 2.16 bits per heavy atom. The first-order valence-electron chi connectivity index (χ1n) is 11.8. The highest BCUT2D eigenvalue weighted by Crippen LogP contribution is 2.51. The van der Waals surface area contributed by atoms with Crippen LogP contribution in [0.4, 0.5) is 18.9 Å². The Kier molecular flexibility index (Phi) is 7.48. The molecule has 0 radical (unpaired) electrons. The van der Waals surface area contributed by atoms with Crippen LogP contribution in [0.5, 0.6) is 0 Å². The second-order valence-electron chi connectivity index (χ2n) is 9.99. The highest BCUT2D eigenvalue weighted by Gasteiger charge is 2.49. The van der Waals surface area contributed by atoms with Crippen molar-refractivity contribution in [2.75, 3.05) is 12.0 Å². The third kappa shape index (κ3) is 5.65. The molecule has 202 valence electrons. The van der Waals surface area contributed by atoms with Gasteiger partial charge >= 0.3 is 12.1 Å². The zero-order valence-electron chi connectivity index (χ0n) is 20.8. The first-order chi connectivity index (χ1) is 17.8. The van der Waals surface area contributed by atoms with E-state index in [0.717, 1.165) is 39.3 Å². The van der Waals surface area contributed by atoms with Gasteiger partial charge < -0.3 is 20.5 Å². The number of hydrogen-bond donors (Lipinski definition) is 4. The molecule has 0 saturated heterocycles. The van der Waals surface area contributed by atoms with Crippen LogP contribution in [-0.4, -0.2) is 51.9 Å². The van der Waals surface area contributed by atoms with Crippen molar-refractivity contribution in [1.82, 2.24) is 9.97 Å². The Bertz CT molecular complexity index is 1410. The normalized spacial score (nSPS) is 22.2. The number of aliphatic hydroxyl groups is 1. The van der Waals surface area contributed by atoms with Gasteiger partial charge in [-0.3, -0.25) is 14.8 Å². The number of nitrogens with zero attached hydrogens (tertiary/aromatic N) is 3. The second-order valence-corrected chi connectivity index (χ2v) is 11.0. The van der Waals surface area contributed by atoms with Crippen molar-refractivity contribution >= 4 is 46.8 Å². The number of anilines is 1. The number of aliphatic carboxylic acids is 1. The van der Waals surface area contributed by atoms with E-state index in [-0.39, 0.29) is 6.67 Å². The maximum atomic E-state index is 12.6. The van der Waals surface area contributed by atoms with Gasteiger partial charge in [0.1, 0.15) is 23.0 Å². The zero-order chi connectivity index (χ0) is 27.7. The minimum absolute atomic E-state index is 0.0632. The summed E-state index contributed by atoms with van der Waals surface area (Å²) in [6, 6.07) is 5.61. The summed E-state index contributed by atoms with van der Waals surface area (Å²) < 4.78 is 37.9. The van der Waals surface area contributed by atoms with E-state index >= 15 is 0 Å². The van der Waals surface area contributed by atoms with Crippen LogP contribution in [0.1, 0.15) is 38.1 Å². The molecular formula is C26H28F3N5O3S. The van der Waals surface area contributed by atoms with Crippen LogP contribution in [0, 0.1) is 11.3 Å². The number of benzene rings is 1. The molecule has 2 unspecified atom stereocenters. The Balaban J connectivity index is 1.46.